The summed E-state index contributed by atoms with van der Waals surface area (Å²) in [6.45, 7) is 0.298. The summed E-state index contributed by atoms with van der Waals surface area (Å²) in [7, 11) is 0. The summed E-state index contributed by atoms with van der Waals surface area (Å²) in [5.41, 5.74) is -0.277. The van der Waals surface area contributed by atoms with Crippen molar-refractivity contribution >= 4 is 17.8 Å². The molecule has 2 aliphatic carbocycles. The zero-order chi connectivity index (χ0) is 19.7. The van der Waals surface area contributed by atoms with Crippen molar-refractivity contribution in [3.8, 4) is 0 Å². The number of nitrogens with one attached hydrogen (secondary N) is 1. The second-order valence-electron chi connectivity index (χ2n) is 8.12. The van der Waals surface area contributed by atoms with Crippen molar-refractivity contribution in [3.63, 3.8) is 0 Å². The Morgan fingerprint density at radius 1 is 1.18 bits per heavy atom. The molecule has 0 atom stereocenters. The standard InChI is InChI=1S/C21H26FN3O3/c22-17-7-3-2-6-15(17)14-25(16-8-9-16)18(26)10-13-24-19(27)21(23-20(24)28)11-4-1-5-12-21/h2-3,6-7,16H,1,4-5,8-14H2,(H,23,28). The van der Waals surface area contributed by atoms with Gasteiger partial charge in [-0.05, 0) is 31.7 Å². The third kappa shape index (κ3) is 3.62. The van der Waals surface area contributed by atoms with Crippen molar-refractivity contribution in [1.82, 2.24) is 15.1 Å². The van der Waals surface area contributed by atoms with Gasteiger partial charge < -0.3 is 10.2 Å². The highest BCUT2D eigenvalue weighted by Gasteiger charge is 2.51. The molecular weight excluding hydrogens is 361 g/mol. The van der Waals surface area contributed by atoms with Crippen molar-refractivity contribution in [2.24, 2.45) is 0 Å². The highest BCUT2D eigenvalue weighted by molar-refractivity contribution is 6.07. The van der Waals surface area contributed by atoms with Crippen molar-refractivity contribution in [2.45, 2.75) is 69.5 Å². The molecule has 1 N–H and O–H groups in total. The van der Waals surface area contributed by atoms with Gasteiger partial charge in [0.15, 0.2) is 0 Å². The Morgan fingerprint density at radius 2 is 1.89 bits per heavy atom. The van der Waals surface area contributed by atoms with Gasteiger partial charge in [0.1, 0.15) is 11.4 Å². The first-order valence-electron chi connectivity index (χ1n) is 10.2. The van der Waals surface area contributed by atoms with Gasteiger partial charge in [-0.25, -0.2) is 9.18 Å². The summed E-state index contributed by atoms with van der Waals surface area (Å²) in [4.78, 5) is 40.9. The van der Waals surface area contributed by atoms with E-state index in [-0.39, 0.29) is 43.2 Å². The van der Waals surface area contributed by atoms with Crippen LogP contribution in [-0.4, -0.2) is 45.8 Å². The Bertz CT molecular complexity index is 787. The Kier molecular flexibility index (Phi) is 5.08. The van der Waals surface area contributed by atoms with Crippen LogP contribution in [0, 0.1) is 5.82 Å². The van der Waals surface area contributed by atoms with Crippen LogP contribution in [0.5, 0.6) is 0 Å². The summed E-state index contributed by atoms with van der Waals surface area (Å²) in [5, 5.41) is 2.87. The molecule has 0 radical (unpaired) electrons. The molecule has 0 unspecified atom stereocenters. The first-order chi connectivity index (χ1) is 13.5. The number of imide groups is 1. The highest BCUT2D eigenvalue weighted by atomic mass is 19.1. The summed E-state index contributed by atoms with van der Waals surface area (Å²) in [6, 6.07) is 6.18. The van der Waals surface area contributed by atoms with Gasteiger partial charge in [0.2, 0.25) is 5.91 Å². The van der Waals surface area contributed by atoms with E-state index in [1.807, 2.05) is 0 Å². The molecule has 1 heterocycles. The van der Waals surface area contributed by atoms with E-state index in [0.29, 0.717) is 18.4 Å². The van der Waals surface area contributed by atoms with Gasteiger partial charge in [-0.3, -0.25) is 14.5 Å². The van der Waals surface area contributed by atoms with Crippen molar-refractivity contribution in [3.05, 3.63) is 35.6 Å². The smallest absolute Gasteiger partial charge is 0.325 e. The largest absolute Gasteiger partial charge is 0.335 e. The number of hydrogen-bond acceptors (Lipinski definition) is 3. The third-order valence-corrected chi connectivity index (χ3v) is 6.11. The Labute approximate surface area is 164 Å². The predicted octanol–water partition coefficient (Wildman–Crippen LogP) is 2.96. The maximum absolute atomic E-state index is 14.0. The van der Waals surface area contributed by atoms with Crippen molar-refractivity contribution < 1.29 is 18.8 Å². The van der Waals surface area contributed by atoms with Crippen LogP contribution < -0.4 is 5.32 Å². The van der Waals surface area contributed by atoms with Crippen LogP contribution in [0.15, 0.2) is 24.3 Å². The number of urea groups is 1. The number of amides is 4. The molecule has 4 rings (SSSR count). The molecule has 7 heteroatoms. The molecule has 150 valence electrons. The first kappa shape index (κ1) is 18.9. The van der Waals surface area contributed by atoms with Crippen LogP contribution in [0.2, 0.25) is 0 Å². The topological polar surface area (TPSA) is 69.7 Å². The van der Waals surface area contributed by atoms with Crippen LogP contribution in [0.4, 0.5) is 9.18 Å². The van der Waals surface area contributed by atoms with Crippen LogP contribution >= 0.6 is 0 Å². The molecule has 1 saturated heterocycles. The monoisotopic (exact) mass is 387 g/mol. The number of carbonyl (C=O) groups excluding carboxylic acids is 3. The summed E-state index contributed by atoms with van der Waals surface area (Å²) >= 11 is 0. The lowest BCUT2D eigenvalue weighted by Gasteiger charge is -2.30. The number of halogens is 1. The second-order valence-corrected chi connectivity index (χ2v) is 8.12. The number of benzene rings is 1. The SMILES string of the molecule is O=C1NC2(CCCCC2)C(=O)N1CCC(=O)N(Cc1ccccc1F)C1CC1. The number of nitrogens with zero attached hydrogens (tertiary/aromatic N) is 2. The van der Waals surface area contributed by atoms with Gasteiger partial charge >= 0.3 is 6.03 Å². The second kappa shape index (κ2) is 7.53. The van der Waals surface area contributed by atoms with Crippen LogP contribution in [0.1, 0.15) is 56.9 Å². The minimum absolute atomic E-state index is 0.0696. The molecule has 1 aromatic carbocycles. The summed E-state index contributed by atoms with van der Waals surface area (Å²) < 4.78 is 14.0. The molecule has 0 bridgehead atoms. The van der Waals surface area contributed by atoms with E-state index >= 15 is 0 Å². The van der Waals surface area contributed by atoms with Gasteiger partial charge in [0.25, 0.3) is 5.91 Å². The molecule has 2 saturated carbocycles. The van der Waals surface area contributed by atoms with E-state index in [0.717, 1.165) is 32.1 Å². The van der Waals surface area contributed by atoms with E-state index in [4.69, 9.17) is 0 Å². The van der Waals surface area contributed by atoms with Crippen LogP contribution in [0.3, 0.4) is 0 Å². The van der Waals surface area contributed by atoms with E-state index < -0.39 is 11.6 Å². The van der Waals surface area contributed by atoms with Gasteiger partial charge in [-0.2, -0.15) is 0 Å². The van der Waals surface area contributed by atoms with E-state index in [1.54, 1.807) is 23.1 Å². The number of hydrogen-bond donors (Lipinski definition) is 1. The van der Waals surface area contributed by atoms with Crippen molar-refractivity contribution in [2.75, 3.05) is 6.54 Å². The molecule has 28 heavy (non-hydrogen) atoms. The van der Waals surface area contributed by atoms with Crippen molar-refractivity contribution in [1.29, 1.82) is 0 Å². The fourth-order valence-corrected chi connectivity index (χ4v) is 4.34. The Balaban J connectivity index is 1.39. The van der Waals surface area contributed by atoms with Gasteiger partial charge in [0, 0.05) is 31.1 Å². The Morgan fingerprint density at radius 3 is 2.57 bits per heavy atom. The average Bonchev–Trinajstić information content (AvgIpc) is 3.49. The molecule has 4 amide bonds. The molecule has 3 fully saturated rings. The third-order valence-electron chi connectivity index (χ3n) is 6.11. The zero-order valence-electron chi connectivity index (χ0n) is 16.0. The number of carbonyl (C=O) groups is 3. The van der Waals surface area contributed by atoms with Gasteiger partial charge in [-0.1, -0.05) is 37.5 Å². The molecule has 0 aromatic heterocycles. The quantitative estimate of drug-likeness (QED) is 0.763. The lowest BCUT2D eigenvalue weighted by atomic mass is 9.82. The molecule has 1 aromatic rings. The molecule has 1 aliphatic heterocycles. The summed E-state index contributed by atoms with van der Waals surface area (Å²) in [6.07, 6.45) is 6.16. The molecule has 6 nitrogen and oxygen atoms in total. The van der Waals surface area contributed by atoms with Gasteiger partial charge in [0.05, 0.1) is 0 Å². The molecule has 1 spiro atoms. The Hall–Kier alpha value is -2.44. The number of rotatable bonds is 6. The maximum atomic E-state index is 14.0. The van der Waals surface area contributed by atoms with E-state index in [1.165, 1.54) is 11.0 Å². The minimum atomic E-state index is -0.762. The first-order valence-corrected chi connectivity index (χ1v) is 10.2. The maximum Gasteiger partial charge on any atom is 0.325 e. The van der Waals surface area contributed by atoms with Crippen LogP contribution in [-0.2, 0) is 16.1 Å². The summed E-state index contributed by atoms with van der Waals surface area (Å²) in [5.74, 6) is -0.665. The van der Waals surface area contributed by atoms with Crippen LogP contribution in [0.25, 0.3) is 0 Å². The lowest BCUT2D eigenvalue weighted by Crippen LogP contribution is -2.48. The highest BCUT2D eigenvalue weighted by Crippen LogP contribution is 2.34. The van der Waals surface area contributed by atoms with Gasteiger partial charge in [-0.15, -0.1) is 0 Å². The molecule has 3 aliphatic rings. The normalized spacial score (nSPS) is 21.1. The average molecular weight is 387 g/mol. The minimum Gasteiger partial charge on any atom is -0.335 e. The fourth-order valence-electron chi connectivity index (χ4n) is 4.34. The zero-order valence-corrected chi connectivity index (χ0v) is 16.0. The lowest BCUT2D eigenvalue weighted by molar-refractivity contribution is -0.135. The van der Waals surface area contributed by atoms with E-state index in [2.05, 4.69) is 5.32 Å². The fraction of sp³-hybridized carbons (Fsp3) is 0.571. The van der Waals surface area contributed by atoms with E-state index in [9.17, 15) is 18.8 Å². The molecular formula is C21H26FN3O3. The predicted molar refractivity (Wildman–Crippen MR) is 101 cm³/mol.